The molecule has 200 valence electrons. The van der Waals surface area contributed by atoms with Crippen molar-refractivity contribution in [3.05, 3.63) is 77.6 Å². The molecule has 0 atom stereocenters. The molecule has 0 fully saturated rings. The fraction of sp³-hybridized carbons (Fsp3) is 0.323. The number of halogens is 1. The number of allylic oxidation sites excluding steroid dienone is 1. The molecule has 0 unspecified atom stereocenters. The highest BCUT2D eigenvalue weighted by molar-refractivity contribution is 5.89. The maximum atomic E-state index is 14.0. The van der Waals surface area contributed by atoms with Gasteiger partial charge in [0.2, 0.25) is 0 Å². The van der Waals surface area contributed by atoms with Crippen LogP contribution in [0.4, 0.5) is 20.6 Å². The number of ether oxygens (including phenoxy) is 3. The molecule has 3 aromatic rings. The van der Waals surface area contributed by atoms with E-state index in [-0.39, 0.29) is 18.0 Å². The predicted molar refractivity (Wildman–Crippen MR) is 150 cm³/mol. The molecule has 0 aromatic heterocycles. The molecule has 0 saturated carbocycles. The lowest BCUT2D eigenvalue weighted by Crippen LogP contribution is -2.32. The second-order valence-corrected chi connectivity index (χ2v) is 10.9. The number of nitrogens with one attached hydrogen (secondary N) is 2. The average Bonchev–Trinajstić information content (AvgIpc) is 2.81. The molecule has 1 heterocycles. The molecule has 0 spiro atoms. The van der Waals surface area contributed by atoms with Crippen LogP contribution in [0.5, 0.6) is 11.5 Å². The monoisotopic (exact) mass is 518 g/mol. The number of carbonyl (C=O) groups excluding carboxylic acids is 1. The number of methoxy groups -OCH3 is 1. The maximum absolute atomic E-state index is 14.0. The van der Waals surface area contributed by atoms with Gasteiger partial charge in [-0.2, -0.15) is 0 Å². The minimum Gasteiger partial charge on any atom is -0.496 e. The Balaban J connectivity index is 1.76. The number of amides is 1. The fourth-order valence-corrected chi connectivity index (χ4v) is 4.75. The lowest BCUT2D eigenvalue weighted by atomic mass is 9.85. The molecule has 3 aromatic carbocycles. The topological polar surface area (TPSA) is 68.8 Å². The molecular weight excluding hydrogens is 483 g/mol. The van der Waals surface area contributed by atoms with Crippen LogP contribution in [0.25, 0.3) is 16.7 Å². The Hall–Kier alpha value is -4.00. The van der Waals surface area contributed by atoms with Gasteiger partial charge in [0.05, 0.1) is 18.3 Å². The number of anilines is 2. The van der Waals surface area contributed by atoms with Crippen LogP contribution in [0.3, 0.4) is 0 Å². The van der Waals surface area contributed by atoms with Gasteiger partial charge in [0.15, 0.2) is 0 Å². The zero-order valence-electron chi connectivity index (χ0n) is 23.0. The van der Waals surface area contributed by atoms with Crippen molar-refractivity contribution in [1.82, 2.24) is 0 Å². The Labute approximate surface area is 223 Å². The molecule has 6 nitrogen and oxygen atoms in total. The molecule has 2 N–H and O–H groups in total. The van der Waals surface area contributed by atoms with E-state index in [4.69, 9.17) is 14.2 Å². The Bertz CT molecular complexity index is 1390. The van der Waals surface area contributed by atoms with E-state index < -0.39 is 11.7 Å². The van der Waals surface area contributed by atoms with Crippen molar-refractivity contribution in [3.8, 4) is 22.6 Å². The predicted octanol–water partition coefficient (Wildman–Crippen LogP) is 8.03. The van der Waals surface area contributed by atoms with Crippen LogP contribution in [0.2, 0.25) is 0 Å². The Morgan fingerprint density at radius 3 is 2.45 bits per heavy atom. The molecule has 1 amide bonds. The highest BCUT2D eigenvalue weighted by Gasteiger charge is 2.27. The number of benzene rings is 3. The largest absolute Gasteiger partial charge is 0.496 e. The van der Waals surface area contributed by atoms with E-state index in [0.29, 0.717) is 17.2 Å². The van der Waals surface area contributed by atoms with Gasteiger partial charge in [0, 0.05) is 28.4 Å². The molecule has 0 aliphatic carbocycles. The quantitative estimate of drug-likeness (QED) is 0.346. The Morgan fingerprint density at radius 1 is 1.03 bits per heavy atom. The first-order chi connectivity index (χ1) is 17.9. The molecule has 38 heavy (non-hydrogen) atoms. The summed E-state index contributed by atoms with van der Waals surface area (Å²) in [6.45, 7) is 11.9. The molecule has 7 heteroatoms. The van der Waals surface area contributed by atoms with Crippen LogP contribution < -0.4 is 20.1 Å². The summed E-state index contributed by atoms with van der Waals surface area (Å²) in [6.07, 6.45) is 1.62. The van der Waals surface area contributed by atoms with Crippen molar-refractivity contribution in [3.63, 3.8) is 0 Å². The van der Waals surface area contributed by atoms with E-state index in [1.807, 2.05) is 45.0 Å². The highest BCUT2D eigenvalue weighted by Crippen LogP contribution is 2.43. The standard InChI is InChI=1S/C31H35FN2O4/c1-19-17-31(5,6)34-25-15-14-21(22-13-12-20(32)16-27(22)36-7)23(28(19)25)18-37-26-11-9-8-10-24(26)33-29(35)38-30(2,3)4/h8-17,34H,18H2,1-7H3,(H,33,35). The molecule has 0 radical (unpaired) electrons. The first-order valence-corrected chi connectivity index (χ1v) is 12.6. The van der Waals surface area contributed by atoms with Crippen molar-refractivity contribution in [2.45, 2.75) is 59.3 Å². The third-order valence-electron chi connectivity index (χ3n) is 6.09. The SMILES string of the molecule is COc1cc(F)ccc1-c1ccc2c(c1COc1ccccc1NC(=O)OC(C)(C)C)C(C)=CC(C)(C)N2. The molecule has 0 bridgehead atoms. The fourth-order valence-electron chi connectivity index (χ4n) is 4.75. The van der Waals surface area contributed by atoms with Crippen LogP contribution in [0.15, 0.2) is 60.7 Å². The van der Waals surface area contributed by atoms with E-state index in [1.54, 1.807) is 18.2 Å². The van der Waals surface area contributed by atoms with Gasteiger partial charge >= 0.3 is 6.09 Å². The number of carbonyl (C=O) groups is 1. The summed E-state index contributed by atoms with van der Waals surface area (Å²) in [5.74, 6) is 0.561. The number of hydrogen-bond acceptors (Lipinski definition) is 5. The van der Waals surface area contributed by atoms with Gasteiger partial charge in [-0.25, -0.2) is 9.18 Å². The lowest BCUT2D eigenvalue weighted by molar-refractivity contribution is 0.0635. The van der Waals surface area contributed by atoms with Crippen molar-refractivity contribution in [2.24, 2.45) is 0 Å². The van der Waals surface area contributed by atoms with E-state index in [2.05, 4.69) is 37.5 Å². The van der Waals surface area contributed by atoms with Gasteiger partial charge in [-0.15, -0.1) is 0 Å². The normalized spacial score (nSPS) is 14.1. The number of rotatable bonds is 6. The summed E-state index contributed by atoms with van der Waals surface area (Å²) in [4.78, 5) is 12.4. The van der Waals surface area contributed by atoms with Crippen LogP contribution in [0.1, 0.15) is 52.7 Å². The van der Waals surface area contributed by atoms with Crippen molar-refractivity contribution in [1.29, 1.82) is 0 Å². The number of para-hydroxylation sites is 2. The van der Waals surface area contributed by atoms with E-state index in [0.717, 1.165) is 33.5 Å². The zero-order valence-corrected chi connectivity index (χ0v) is 23.0. The third kappa shape index (κ3) is 6.10. The zero-order chi connectivity index (χ0) is 27.7. The van der Waals surface area contributed by atoms with Crippen LogP contribution in [-0.4, -0.2) is 24.3 Å². The lowest BCUT2D eigenvalue weighted by Gasteiger charge is -2.33. The van der Waals surface area contributed by atoms with Gasteiger partial charge in [0.25, 0.3) is 0 Å². The number of fused-ring (bicyclic) bond motifs is 1. The van der Waals surface area contributed by atoms with Crippen molar-refractivity contribution >= 4 is 23.0 Å². The third-order valence-corrected chi connectivity index (χ3v) is 6.09. The smallest absolute Gasteiger partial charge is 0.412 e. The molecule has 1 aliphatic rings. The molecule has 4 rings (SSSR count). The van der Waals surface area contributed by atoms with E-state index in [9.17, 15) is 9.18 Å². The van der Waals surface area contributed by atoms with Gasteiger partial charge in [-0.1, -0.05) is 24.3 Å². The van der Waals surface area contributed by atoms with Crippen LogP contribution in [-0.2, 0) is 11.3 Å². The molecular formula is C31H35FN2O4. The minimum atomic E-state index is -0.628. The highest BCUT2D eigenvalue weighted by atomic mass is 19.1. The average molecular weight is 519 g/mol. The van der Waals surface area contributed by atoms with Gasteiger partial charge in [-0.05, 0) is 83.0 Å². The van der Waals surface area contributed by atoms with Crippen LogP contribution in [0, 0.1) is 5.82 Å². The van der Waals surface area contributed by atoms with Crippen molar-refractivity contribution < 1.29 is 23.4 Å². The summed E-state index contributed by atoms with van der Waals surface area (Å²) in [5, 5.41) is 6.37. The minimum absolute atomic E-state index is 0.194. The maximum Gasteiger partial charge on any atom is 0.412 e. The van der Waals surface area contributed by atoms with E-state index in [1.165, 1.54) is 19.2 Å². The second kappa shape index (κ2) is 10.4. The number of hydrogen-bond donors (Lipinski definition) is 2. The Morgan fingerprint density at radius 2 is 1.74 bits per heavy atom. The van der Waals surface area contributed by atoms with E-state index >= 15 is 0 Å². The van der Waals surface area contributed by atoms with Gasteiger partial charge < -0.3 is 19.5 Å². The second-order valence-electron chi connectivity index (χ2n) is 10.9. The first kappa shape index (κ1) is 27.0. The summed E-state index contributed by atoms with van der Waals surface area (Å²) < 4.78 is 31.3. The first-order valence-electron chi connectivity index (χ1n) is 12.6. The summed E-state index contributed by atoms with van der Waals surface area (Å²) >= 11 is 0. The molecule has 0 saturated heterocycles. The summed E-state index contributed by atoms with van der Waals surface area (Å²) in [6, 6.07) is 15.8. The van der Waals surface area contributed by atoms with Crippen molar-refractivity contribution in [2.75, 3.05) is 17.7 Å². The van der Waals surface area contributed by atoms with Gasteiger partial charge in [-0.3, -0.25) is 5.32 Å². The van der Waals surface area contributed by atoms with Crippen LogP contribution >= 0.6 is 0 Å². The molecule has 1 aliphatic heterocycles. The van der Waals surface area contributed by atoms with Gasteiger partial charge in [0.1, 0.15) is 29.5 Å². The summed E-state index contributed by atoms with van der Waals surface area (Å²) in [5.41, 5.74) is 5.30. The Kier molecular flexibility index (Phi) is 7.40. The summed E-state index contributed by atoms with van der Waals surface area (Å²) in [7, 11) is 1.53.